The Morgan fingerprint density at radius 3 is 1.98 bits per heavy atom. The Labute approximate surface area is 283 Å². The number of benzene rings is 7. The molecule has 5 heteroatoms. The molecule has 0 bridgehead atoms. The third kappa shape index (κ3) is 3.97. The van der Waals surface area contributed by atoms with Gasteiger partial charge in [0.25, 0.3) is 0 Å². The number of furan rings is 2. The monoisotopic (exact) mass is 644 g/mol. The first kappa shape index (κ1) is 26.7. The highest BCUT2D eigenvalue weighted by molar-refractivity contribution is 7.25. The first-order chi connectivity index (χ1) is 24.3. The largest absolute Gasteiger partial charge is 0.455 e. The van der Waals surface area contributed by atoms with Gasteiger partial charge < -0.3 is 8.83 Å². The molecule has 0 radical (unpaired) electrons. The highest BCUT2D eigenvalue weighted by atomic mass is 32.1. The summed E-state index contributed by atoms with van der Waals surface area (Å²) in [4.78, 5) is 10.5. The minimum absolute atomic E-state index is 0.650. The van der Waals surface area contributed by atoms with E-state index in [1.807, 2.05) is 47.7 Å². The van der Waals surface area contributed by atoms with Crippen LogP contribution in [0.2, 0.25) is 0 Å². The van der Waals surface area contributed by atoms with Crippen LogP contribution in [0.1, 0.15) is 0 Å². The van der Waals surface area contributed by atoms with E-state index in [1.54, 1.807) is 0 Å². The third-order valence-corrected chi connectivity index (χ3v) is 10.8. The lowest BCUT2D eigenvalue weighted by Crippen LogP contribution is -1.95. The molecule has 11 rings (SSSR count). The topological polar surface area (TPSA) is 52.1 Å². The minimum Gasteiger partial charge on any atom is -0.455 e. The molecule has 0 saturated carbocycles. The maximum absolute atomic E-state index is 6.61. The highest BCUT2D eigenvalue weighted by Crippen LogP contribution is 2.43. The number of para-hydroxylation sites is 1. The Hall–Kier alpha value is -6.30. The second kappa shape index (κ2) is 10.1. The maximum atomic E-state index is 6.61. The van der Waals surface area contributed by atoms with Crippen molar-refractivity contribution >= 4 is 86.3 Å². The quantitative estimate of drug-likeness (QED) is 0.192. The number of rotatable bonds is 3. The molecule has 0 fully saturated rings. The van der Waals surface area contributed by atoms with Gasteiger partial charge in [0, 0.05) is 52.8 Å². The summed E-state index contributed by atoms with van der Waals surface area (Å²) in [6.45, 7) is 0. The maximum Gasteiger partial charge on any atom is 0.180 e. The molecule has 0 spiro atoms. The molecule has 4 aromatic heterocycles. The predicted molar refractivity (Wildman–Crippen MR) is 203 cm³/mol. The van der Waals surface area contributed by atoms with Crippen LogP contribution in [0, 0.1) is 0 Å². The number of fused-ring (bicyclic) bond motifs is 11. The molecule has 0 aliphatic carbocycles. The molecule has 49 heavy (non-hydrogen) atoms. The molecular weight excluding hydrogens is 621 g/mol. The lowest BCUT2D eigenvalue weighted by Gasteiger charge is -2.10. The molecule has 11 aromatic rings. The van der Waals surface area contributed by atoms with Crippen molar-refractivity contribution in [2.24, 2.45) is 0 Å². The van der Waals surface area contributed by atoms with Crippen molar-refractivity contribution in [2.45, 2.75) is 0 Å². The Morgan fingerprint density at radius 2 is 1.08 bits per heavy atom. The van der Waals surface area contributed by atoms with Gasteiger partial charge in [-0.05, 0) is 59.0 Å². The van der Waals surface area contributed by atoms with E-state index >= 15 is 0 Å². The van der Waals surface area contributed by atoms with E-state index in [4.69, 9.17) is 18.8 Å². The lowest BCUT2D eigenvalue weighted by atomic mass is 9.97. The molecule has 4 heterocycles. The molecule has 0 aliphatic heterocycles. The number of aromatic nitrogens is 2. The van der Waals surface area contributed by atoms with Gasteiger partial charge in [0.2, 0.25) is 0 Å². The van der Waals surface area contributed by atoms with Crippen LogP contribution in [0.15, 0.2) is 154 Å². The van der Waals surface area contributed by atoms with Crippen LogP contribution < -0.4 is 0 Å². The fraction of sp³-hybridized carbons (Fsp3) is 0. The van der Waals surface area contributed by atoms with Crippen molar-refractivity contribution in [1.82, 2.24) is 9.97 Å². The Bertz CT molecular complexity index is 3110. The summed E-state index contributed by atoms with van der Waals surface area (Å²) in [6, 6.07) is 50.8. The zero-order valence-corrected chi connectivity index (χ0v) is 26.8. The number of hydrogen-bond acceptors (Lipinski definition) is 5. The van der Waals surface area contributed by atoms with Crippen molar-refractivity contribution in [3.8, 4) is 33.8 Å². The SMILES string of the molecule is c1ccc(-c2nc(-c3cc4c5cc(-c6ccc7c(c6)sc6ccccc67)ccc5oc4c4ccccc34)nc3c2oc2ccccc23)cc1. The van der Waals surface area contributed by atoms with Crippen molar-refractivity contribution in [2.75, 3.05) is 0 Å². The van der Waals surface area contributed by atoms with E-state index in [-0.39, 0.29) is 0 Å². The lowest BCUT2D eigenvalue weighted by molar-refractivity contribution is 0.667. The fourth-order valence-corrected chi connectivity index (χ4v) is 8.52. The van der Waals surface area contributed by atoms with E-state index in [1.165, 1.54) is 25.7 Å². The molecule has 4 nitrogen and oxygen atoms in total. The predicted octanol–water partition coefficient (Wildman–Crippen LogP) is 12.8. The summed E-state index contributed by atoms with van der Waals surface area (Å²) in [7, 11) is 0. The summed E-state index contributed by atoms with van der Waals surface area (Å²) in [5, 5.41) is 7.75. The van der Waals surface area contributed by atoms with Gasteiger partial charge in [-0.15, -0.1) is 11.3 Å². The first-order valence-corrected chi connectivity index (χ1v) is 17.1. The van der Waals surface area contributed by atoms with Crippen LogP contribution in [-0.4, -0.2) is 9.97 Å². The fourth-order valence-electron chi connectivity index (χ4n) is 7.37. The van der Waals surface area contributed by atoms with Gasteiger partial charge in [0.05, 0.1) is 0 Å². The minimum atomic E-state index is 0.650. The van der Waals surface area contributed by atoms with Crippen LogP contribution in [0.3, 0.4) is 0 Å². The van der Waals surface area contributed by atoms with Crippen molar-refractivity contribution in [3.05, 3.63) is 146 Å². The molecule has 228 valence electrons. The molecule has 0 saturated heterocycles. The van der Waals surface area contributed by atoms with Crippen molar-refractivity contribution < 1.29 is 8.83 Å². The molecular formula is C44H24N2O2S. The van der Waals surface area contributed by atoms with Crippen LogP contribution >= 0.6 is 11.3 Å². The standard InChI is InChI=1S/C44H24N2O2S/c1-2-10-25(11-3-1)40-43-41(32-15-6-8-16-36(32)48-43)46-44(45-40)35-24-34-33-22-26(19-21-37(33)47-42(34)31-14-5-4-12-28(31)35)27-18-20-30-29-13-7-9-17-38(29)49-39(30)23-27/h1-24H. The molecule has 7 aromatic carbocycles. The second-order valence-electron chi connectivity index (χ2n) is 12.5. The second-order valence-corrected chi connectivity index (χ2v) is 13.6. The molecule has 0 aliphatic rings. The Morgan fingerprint density at radius 1 is 0.408 bits per heavy atom. The number of hydrogen-bond donors (Lipinski definition) is 0. The van der Waals surface area contributed by atoms with Gasteiger partial charge in [0.1, 0.15) is 28.0 Å². The van der Waals surface area contributed by atoms with Gasteiger partial charge in [-0.1, -0.05) is 103 Å². The van der Waals surface area contributed by atoms with Gasteiger partial charge in [-0.2, -0.15) is 0 Å². The van der Waals surface area contributed by atoms with E-state index < -0.39 is 0 Å². The summed E-state index contributed by atoms with van der Waals surface area (Å²) in [5.74, 6) is 0.650. The Kier molecular flexibility index (Phi) is 5.51. The zero-order chi connectivity index (χ0) is 32.1. The van der Waals surface area contributed by atoms with Gasteiger partial charge in [-0.3, -0.25) is 0 Å². The number of thiophene rings is 1. The molecule has 0 atom stereocenters. The van der Waals surface area contributed by atoms with Crippen LogP contribution in [0.5, 0.6) is 0 Å². The van der Waals surface area contributed by atoms with Gasteiger partial charge in [0.15, 0.2) is 11.4 Å². The summed E-state index contributed by atoms with van der Waals surface area (Å²) < 4.78 is 15.6. The van der Waals surface area contributed by atoms with Gasteiger partial charge >= 0.3 is 0 Å². The van der Waals surface area contributed by atoms with Crippen LogP contribution in [0.25, 0.3) is 109 Å². The van der Waals surface area contributed by atoms with E-state index in [0.29, 0.717) is 11.4 Å². The van der Waals surface area contributed by atoms with E-state index in [2.05, 4.69) is 109 Å². The zero-order valence-electron chi connectivity index (χ0n) is 26.0. The molecule has 0 unspecified atom stereocenters. The number of nitrogens with zero attached hydrogens (tertiary/aromatic N) is 2. The third-order valence-electron chi connectivity index (χ3n) is 9.70. The smallest absolute Gasteiger partial charge is 0.180 e. The van der Waals surface area contributed by atoms with E-state index in [0.717, 1.165) is 71.6 Å². The summed E-state index contributed by atoms with van der Waals surface area (Å²) >= 11 is 1.84. The first-order valence-electron chi connectivity index (χ1n) is 16.3. The summed E-state index contributed by atoms with van der Waals surface area (Å²) in [6.07, 6.45) is 0. The van der Waals surface area contributed by atoms with Crippen LogP contribution in [-0.2, 0) is 0 Å². The molecule has 0 amide bonds. The normalized spacial score (nSPS) is 12.1. The summed E-state index contributed by atoms with van der Waals surface area (Å²) in [5.41, 5.74) is 9.05. The van der Waals surface area contributed by atoms with Gasteiger partial charge in [-0.25, -0.2) is 9.97 Å². The van der Waals surface area contributed by atoms with Crippen LogP contribution in [0.4, 0.5) is 0 Å². The molecule has 0 N–H and O–H groups in total. The Balaban J connectivity index is 1.17. The highest BCUT2D eigenvalue weighted by Gasteiger charge is 2.21. The van der Waals surface area contributed by atoms with Crippen molar-refractivity contribution in [3.63, 3.8) is 0 Å². The average molecular weight is 645 g/mol. The average Bonchev–Trinajstić information content (AvgIpc) is 3.85. The van der Waals surface area contributed by atoms with Crippen molar-refractivity contribution in [1.29, 1.82) is 0 Å². The van der Waals surface area contributed by atoms with E-state index in [9.17, 15) is 0 Å².